The zero-order chi connectivity index (χ0) is 10.3. The van der Waals surface area contributed by atoms with Crippen LogP contribution in [0.2, 0.25) is 0 Å². The average molecular weight is 205 g/mol. The van der Waals surface area contributed by atoms with Crippen molar-refractivity contribution in [1.82, 2.24) is 4.31 Å². The Morgan fingerprint density at radius 3 is 2.38 bits per heavy atom. The normalized spacial score (nSPS) is 24.8. The minimum atomic E-state index is -3.52. The Hall–Kier alpha value is -0.880. The lowest BCUT2D eigenvalue weighted by atomic mass is 10.1. The van der Waals surface area contributed by atoms with Gasteiger partial charge in [0.1, 0.15) is 6.54 Å². The first kappa shape index (κ1) is 10.2. The van der Waals surface area contributed by atoms with E-state index in [2.05, 4.69) is 0 Å². The number of sulfonamides is 1. The van der Waals surface area contributed by atoms with Gasteiger partial charge in [-0.05, 0) is 13.8 Å². The zero-order valence-electron chi connectivity index (χ0n) is 7.39. The topological polar surface area (TPSA) is 74.7 Å². The summed E-state index contributed by atoms with van der Waals surface area (Å²) in [4.78, 5) is 10.4. The van der Waals surface area contributed by atoms with E-state index >= 15 is 0 Å². The summed E-state index contributed by atoms with van der Waals surface area (Å²) >= 11 is 0. The van der Waals surface area contributed by atoms with Gasteiger partial charge in [0, 0.05) is 5.41 Å². The van der Waals surface area contributed by atoms with E-state index in [0.29, 0.717) is 0 Å². The quantitative estimate of drug-likeness (QED) is 0.689. The second-order valence-electron chi connectivity index (χ2n) is 3.40. The van der Waals surface area contributed by atoms with Gasteiger partial charge in [-0.2, -0.15) is 4.31 Å². The molecule has 74 valence electrons. The summed E-state index contributed by atoms with van der Waals surface area (Å²) in [6.07, 6.45) is 1.48. The predicted molar refractivity (Wildman–Crippen MR) is 46.5 cm³/mol. The van der Waals surface area contributed by atoms with E-state index < -0.39 is 28.1 Å². The molecule has 0 aromatic heterocycles. The first-order valence-corrected chi connectivity index (χ1v) is 5.20. The molecule has 1 aliphatic rings. The molecule has 0 atom stereocenters. The van der Waals surface area contributed by atoms with Gasteiger partial charge in [-0.1, -0.05) is 6.08 Å². The Kier molecular flexibility index (Phi) is 2.21. The fourth-order valence-electron chi connectivity index (χ4n) is 1.15. The van der Waals surface area contributed by atoms with E-state index in [9.17, 15) is 13.2 Å². The second-order valence-corrected chi connectivity index (χ2v) is 5.14. The third kappa shape index (κ3) is 1.89. The van der Waals surface area contributed by atoms with Crippen molar-refractivity contribution >= 4 is 16.0 Å². The lowest BCUT2D eigenvalue weighted by molar-refractivity contribution is -0.137. The highest BCUT2D eigenvalue weighted by atomic mass is 32.2. The Bertz CT molecular complexity index is 355. The van der Waals surface area contributed by atoms with Crippen molar-refractivity contribution in [3.63, 3.8) is 0 Å². The van der Waals surface area contributed by atoms with Gasteiger partial charge in [0.2, 0.25) is 10.0 Å². The highest BCUT2D eigenvalue weighted by molar-refractivity contribution is 7.92. The average Bonchev–Trinajstić information content (AvgIpc) is 2.12. The van der Waals surface area contributed by atoms with Gasteiger partial charge in [-0.25, -0.2) is 8.42 Å². The van der Waals surface area contributed by atoms with Crippen LogP contribution in [0.5, 0.6) is 0 Å². The minimum absolute atomic E-state index is 0.498. The predicted octanol–water partition coefficient (Wildman–Crippen LogP) is 0.00870. The van der Waals surface area contributed by atoms with E-state index in [-0.39, 0.29) is 0 Å². The van der Waals surface area contributed by atoms with Gasteiger partial charge in [0.25, 0.3) is 0 Å². The molecule has 0 amide bonds. The van der Waals surface area contributed by atoms with Gasteiger partial charge < -0.3 is 5.11 Å². The molecule has 5 nitrogen and oxygen atoms in total. The van der Waals surface area contributed by atoms with Gasteiger partial charge in [0.05, 0.1) is 5.54 Å². The van der Waals surface area contributed by atoms with Crippen LogP contribution in [0.4, 0.5) is 0 Å². The molecule has 0 aliphatic carbocycles. The number of carboxylic acids is 1. The first-order chi connectivity index (χ1) is 5.76. The molecular formula is C7H11NO4S. The van der Waals surface area contributed by atoms with Crippen LogP contribution >= 0.6 is 0 Å². The van der Waals surface area contributed by atoms with E-state index in [1.807, 2.05) is 0 Å². The first-order valence-electron chi connectivity index (χ1n) is 3.69. The molecule has 0 spiro atoms. The van der Waals surface area contributed by atoms with E-state index in [0.717, 1.165) is 9.71 Å². The largest absolute Gasteiger partial charge is 0.480 e. The lowest BCUT2D eigenvalue weighted by Crippen LogP contribution is -2.44. The summed E-state index contributed by atoms with van der Waals surface area (Å²) < 4.78 is 23.5. The standard InChI is InChI=1S/C7H11NO4S/c1-7(2)3-4-13(11,12)8(7)5-6(9)10/h3-4H,5H2,1-2H3,(H,9,10). The van der Waals surface area contributed by atoms with Crippen LogP contribution in [0.15, 0.2) is 11.5 Å². The highest BCUT2D eigenvalue weighted by Gasteiger charge is 2.39. The van der Waals surface area contributed by atoms with Crippen LogP contribution in [-0.4, -0.2) is 35.9 Å². The summed E-state index contributed by atoms with van der Waals surface area (Å²) in [5.74, 6) is -1.15. The molecule has 0 saturated carbocycles. The van der Waals surface area contributed by atoms with Crippen LogP contribution in [0.25, 0.3) is 0 Å². The second kappa shape index (κ2) is 2.81. The number of nitrogens with zero attached hydrogens (tertiary/aromatic N) is 1. The molecule has 1 heterocycles. The Morgan fingerprint density at radius 1 is 1.54 bits per heavy atom. The summed E-state index contributed by atoms with van der Waals surface area (Å²) in [5.41, 5.74) is -0.739. The fraction of sp³-hybridized carbons (Fsp3) is 0.571. The molecule has 0 radical (unpaired) electrons. The Labute approximate surface area is 76.7 Å². The third-order valence-corrected chi connectivity index (χ3v) is 3.57. The smallest absolute Gasteiger partial charge is 0.318 e. The number of carboxylic acid groups (broad SMARTS) is 1. The maximum atomic E-state index is 11.3. The molecule has 1 rings (SSSR count). The maximum Gasteiger partial charge on any atom is 0.318 e. The van der Waals surface area contributed by atoms with E-state index in [1.165, 1.54) is 6.08 Å². The number of hydrogen-bond acceptors (Lipinski definition) is 3. The van der Waals surface area contributed by atoms with Gasteiger partial charge >= 0.3 is 5.97 Å². The van der Waals surface area contributed by atoms with Crippen molar-refractivity contribution < 1.29 is 18.3 Å². The monoisotopic (exact) mass is 205 g/mol. The molecule has 13 heavy (non-hydrogen) atoms. The summed E-state index contributed by atoms with van der Waals surface area (Å²) in [7, 11) is -3.52. The third-order valence-electron chi connectivity index (χ3n) is 1.88. The molecule has 0 fully saturated rings. The lowest BCUT2D eigenvalue weighted by Gasteiger charge is -2.27. The molecule has 0 bridgehead atoms. The molecule has 6 heteroatoms. The van der Waals surface area contributed by atoms with Crippen LogP contribution in [0.3, 0.4) is 0 Å². The molecular weight excluding hydrogens is 194 g/mol. The van der Waals surface area contributed by atoms with Crippen molar-refractivity contribution in [1.29, 1.82) is 0 Å². The summed E-state index contributed by atoms with van der Waals surface area (Å²) in [6.45, 7) is 2.80. The number of aliphatic carboxylic acids is 1. The van der Waals surface area contributed by atoms with Crippen LogP contribution < -0.4 is 0 Å². The number of hydrogen-bond donors (Lipinski definition) is 1. The molecule has 0 saturated heterocycles. The van der Waals surface area contributed by atoms with Crippen molar-refractivity contribution in [2.75, 3.05) is 6.54 Å². The summed E-state index contributed by atoms with van der Waals surface area (Å²) in [5, 5.41) is 9.54. The molecule has 1 aliphatic heterocycles. The van der Waals surface area contributed by atoms with Gasteiger partial charge in [-0.15, -0.1) is 0 Å². The molecule has 0 unspecified atom stereocenters. The van der Waals surface area contributed by atoms with E-state index in [1.54, 1.807) is 13.8 Å². The van der Waals surface area contributed by atoms with Crippen molar-refractivity contribution in [2.45, 2.75) is 19.4 Å². The van der Waals surface area contributed by atoms with Gasteiger partial charge in [0.15, 0.2) is 0 Å². The van der Waals surface area contributed by atoms with Crippen LogP contribution in [0.1, 0.15) is 13.8 Å². The zero-order valence-corrected chi connectivity index (χ0v) is 8.21. The van der Waals surface area contributed by atoms with Crippen LogP contribution in [0, 0.1) is 0 Å². The van der Waals surface area contributed by atoms with Crippen molar-refractivity contribution in [2.24, 2.45) is 0 Å². The SMILES string of the molecule is CC1(C)C=CS(=O)(=O)N1CC(=O)O. The Balaban J connectivity index is 3.00. The molecule has 1 N–H and O–H groups in total. The Morgan fingerprint density at radius 2 is 2.08 bits per heavy atom. The summed E-state index contributed by atoms with van der Waals surface area (Å²) in [6, 6.07) is 0. The number of carbonyl (C=O) groups is 1. The van der Waals surface area contributed by atoms with Crippen LogP contribution in [-0.2, 0) is 14.8 Å². The highest BCUT2D eigenvalue weighted by Crippen LogP contribution is 2.27. The van der Waals surface area contributed by atoms with Crippen molar-refractivity contribution in [3.05, 3.63) is 11.5 Å². The van der Waals surface area contributed by atoms with E-state index in [4.69, 9.17) is 5.11 Å². The number of rotatable bonds is 2. The van der Waals surface area contributed by atoms with Gasteiger partial charge in [-0.3, -0.25) is 4.79 Å². The molecule has 0 aromatic carbocycles. The van der Waals surface area contributed by atoms with Crippen molar-refractivity contribution in [3.8, 4) is 0 Å². The minimum Gasteiger partial charge on any atom is -0.480 e. The maximum absolute atomic E-state index is 11.3. The fourth-order valence-corrected chi connectivity index (χ4v) is 2.81. The molecule has 0 aromatic rings.